The number of amidine groups is 1. The zero-order valence-corrected chi connectivity index (χ0v) is 15.6. The number of carboxylic acids is 1. The number of nitrogens with one attached hydrogen (secondary N) is 1. The van der Waals surface area contributed by atoms with Crippen LogP contribution in [-0.4, -0.2) is 45.3 Å². The smallest absolute Gasteiger partial charge is 0.335 e. The van der Waals surface area contributed by atoms with E-state index >= 15 is 0 Å². The van der Waals surface area contributed by atoms with Crippen molar-refractivity contribution in [2.45, 2.75) is 11.7 Å². The van der Waals surface area contributed by atoms with E-state index in [2.05, 4.69) is 10.3 Å². The molecule has 2 aromatic rings. The highest BCUT2D eigenvalue weighted by Crippen LogP contribution is 2.29. The predicted molar refractivity (Wildman–Crippen MR) is 104 cm³/mol. The van der Waals surface area contributed by atoms with Gasteiger partial charge in [0.1, 0.15) is 11.1 Å². The van der Waals surface area contributed by atoms with Crippen LogP contribution in [0, 0.1) is 5.82 Å². The van der Waals surface area contributed by atoms with Gasteiger partial charge in [-0.3, -0.25) is 14.5 Å². The maximum absolute atomic E-state index is 13.4. The number of aliphatic imine (C=N–C) groups is 1. The van der Waals surface area contributed by atoms with Gasteiger partial charge in [0.15, 0.2) is 5.17 Å². The fourth-order valence-corrected chi connectivity index (χ4v) is 3.54. The van der Waals surface area contributed by atoms with E-state index in [-0.39, 0.29) is 17.9 Å². The van der Waals surface area contributed by atoms with Gasteiger partial charge in [0.25, 0.3) is 0 Å². The lowest BCUT2D eigenvalue weighted by molar-refractivity contribution is -0.128. The normalized spacial score (nSPS) is 18.2. The van der Waals surface area contributed by atoms with Crippen molar-refractivity contribution in [1.29, 1.82) is 0 Å². The van der Waals surface area contributed by atoms with Crippen LogP contribution >= 0.6 is 11.8 Å². The summed E-state index contributed by atoms with van der Waals surface area (Å²) in [7, 11) is 1.55. The van der Waals surface area contributed by atoms with E-state index in [4.69, 9.17) is 5.11 Å². The molecule has 0 radical (unpaired) electrons. The number of carbonyl (C=O) groups excluding carboxylic acids is 2. The molecule has 0 aliphatic carbocycles. The Kier molecular flexibility index (Phi) is 5.74. The van der Waals surface area contributed by atoms with E-state index in [9.17, 15) is 18.8 Å². The van der Waals surface area contributed by atoms with Crippen molar-refractivity contribution in [1.82, 2.24) is 4.90 Å². The molecule has 3 rings (SSSR count). The van der Waals surface area contributed by atoms with Gasteiger partial charge in [-0.2, -0.15) is 0 Å². The number of hydrogen-bond donors (Lipinski definition) is 2. The van der Waals surface area contributed by atoms with Crippen LogP contribution in [0.2, 0.25) is 0 Å². The van der Waals surface area contributed by atoms with Gasteiger partial charge < -0.3 is 10.4 Å². The molecular formula is C19H16FN3O4S. The van der Waals surface area contributed by atoms with Crippen molar-refractivity contribution in [2.24, 2.45) is 4.99 Å². The quantitative estimate of drug-likeness (QED) is 0.820. The number of carbonyl (C=O) groups is 3. The van der Waals surface area contributed by atoms with Gasteiger partial charge in [-0.15, -0.1) is 0 Å². The highest BCUT2D eigenvalue weighted by Gasteiger charge is 2.34. The monoisotopic (exact) mass is 401 g/mol. The van der Waals surface area contributed by atoms with Crippen molar-refractivity contribution in [3.63, 3.8) is 0 Å². The minimum absolute atomic E-state index is 0.0115. The molecule has 7 nitrogen and oxygen atoms in total. The molecule has 0 bridgehead atoms. The van der Waals surface area contributed by atoms with E-state index in [0.29, 0.717) is 16.5 Å². The molecule has 0 spiro atoms. The molecule has 1 aliphatic rings. The Morgan fingerprint density at radius 2 is 1.96 bits per heavy atom. The van der Waals surface area contributed by atoms with Crippen LogP contribution in [0.3, 0.4) is 0 Å². The minimum atomic E-state index is -1.06. The molecule has 9 heteroatoms. The molecule has 0 saturated carbocycles. The summed E-state index contributed by atoms with van der Waals surface area (Å²) in [4.78, 5) is 41.3. The zero-order valence-electron chi connectivity index (χ0n) is 14.8. The van der Waals surface area contributed by atoms with Crippen molar-refractivity contribution in [2.75, 3.05) is 12.4 Å². The summed E-state index contributed by atoms with van der Waals surface area (Å²) >= 11 is 1.11. The van der Waals surface area contributed by atoms with Gasteiger partial charge in [-0.25, -0.2) is 14.2 Å². The number of aromatic carboxylic acids is 1. The summed E-state index contributed by atoms with van der Waals surface area (Å²) < 4.78 is 13.4. The van der Waals surface area contributed by atoms with Crippen molar-refractivity contribution >= 4 is 46.1 Å². The number of hydrogen-bond acceptors (Lipinski definition) is 5. The third kappa shape index (κ3) is 4.55. The number of halogens is 1. The van der Waals surface area contributed by atoms with E-state index in [1.165, 1.54) is 47.4 Å². The number of rotatable bonds is 4. The second-order valence-corrected chi connectivity index (χ2v) is 7.18. The molecule has 1 aliphatic heterocycles. The second kappa shape index (κ2) is 8.22. The molecule has 2 aromatic carbocycles. The van der Waals surface area contributed by atoms with Gasteiger partial charge in [0.2, 0.25) is 11.8 Å². The molecule has 28 heavy (non-hydrogen) atoms. The summed E-state index contributed by atoms with van der Waals surface area (Å²) in [5.74, 6) is -2.19. The summed E-state index contributed by atoms with van der Waals surface area (Å²) in [6.45, 7) is 0. The van der Waals surface area contributed by atoms with Gasteiger partial charge in [-0.05, 0) is 42.5 Å². The first-order valence-electron chi connectivity index (χ1n) is 8.25. The third-order valence-electron chi connectivity index (χ3n) is 3.99. The van der Waals surface area contributed by atoms with Gasteiger partial charge >= 0.3 is 5.97 Å². The third-order valence-corrected chi connectivity index (χ3v) is 5.23. The Morgan fingerprint density at radius 3 is 2.61 bits per heavy atom. The standard InChI is InChI=1S/C19H16FN3O4S/c1-23-16(24)10-15(28-19(23)22-14-4-2-3-12(20)9-14)17(25)21-13-7-5-11(6-8-13)18(26)27/h2-9,15H,10H2,1H3,(H,21,25)(H,26,27). The average Bonchev–Trinajstić information content (AvgIpc) is 2.65. The van der Waals surface area contributed by atoms with Crippen LogP contribution in [0.4, 0.5) is 15.8 Å². The van der Waals surface area contributed by atoms with Crippen LogP contribution in [0.1, 0.15) is 16.8 Å². The SMILES string of the molecule is CN1C(=O)CC(C(=O)Nc2ccc(C(=O)O)cc2)SC1=Nc1cccc(F)c1. The molecule has 1 atom stereocenters. The number of carboxylic acid groups (broad SMARTS) is 1. The average molecular weight is 401 g/mol. The van der Waals surface area contributed by atoms with Gasteiger partial charge in [0.05, 0.1) is 11.3 Å². The molecule has 1 fully saturated rings. The number of nitrogens with zero attached hydrogens (tertiary/aromatic N) is 2. The topological polar surface area (TPSA) is 99.1 Å². The van der Waals surface area contributed by atoms with E-state index in [1.54, 1.807) is 13.1 Å². The maximum Gasteiger partial charge on any atom is 0.335 e. The van der Waals surface area contributed by atoms with Gasteiger partial charge in [-0.1, -0.05) is 17.8 Å². The van der Waals surface area contributed by atoms with Crippen molar-refractivity contribution in [3.8, 4) is 0 Å². The highest BCUT2D eigenvalue weighted by atomic mass is 32.2. The van der Waals surface area contributed by atoms with Crippen LogP contribution in [0.5, 0.6) is 0 Å². The Hall–Kier alpha value is -3.20. The lowest BCUT2D eigenvalue weighted by Gasteiger charge is -2.28. The Balaban J connectivity index is 1.75. The Bertz CT molecular complexity index is 962. The summed E-state index contributed by atoms with van der Waals surface area (Å²) in [5.41, 5.74) is 0.865. The molecule has 1 heterocycles. The first-order chi connectivity index (χ1) is 13.3. The molecular weight excluding hydrogens is 385 g/mol. The Morgan fingerprint density at radius 1 is 1.25 bits per heavy atom. The highest BCUT2D eigenvalue weighted by molar-refractivity contribution is 8.15. The molecule has 144 valence electrons. The van der Waals surface area contributed by atoms with E-state index in [0.717, 1.165) is 11.8 Å². The largest absolute Gasteiger partial charge is 0.478 e. The second-order valence-electron chi connectivity index (χ2n) is 6.01. The number of thioether (sulfide) groups is 1. The minimum Gasteiger partial charge on any atom is -0.478 e. The fourth-order valence-electron chi connectivity index (χ4n) is 2.47. The number of amides is 2. The Labute approximate surface area is 164 Å². The number of anilines is 1. The van der Waals surface area contributed by atoms with Crippen LogP contribution in [0.15, 0.2) is 53.5 Å². The first kappa shape index (κ1) is 19.6. The van der Waals surface area contributed by atoms with E-state index < -0.39 is 22.9 Å². The molecule has 1 unspecified atom stereocenters. The van der Waals surface area contributed by atoms with Crippen LogP contribution in [-0.2, 0) is 9.59 Å². The maximum atomic E-state index is 13.4. The molecule has 2 amide bonds. The lowest BCUT2D eigenvalue weighted by atomic mass is 10.2. The number of benzene rings is 2. The van der Waals surface area contributed by atoms with E-state index in [1.807, 2.05) is 0 Å². The summed E-state index contributed by atoms with van der Waals surface area (Å²) in [5, 5.41) is 11.2. The van der Waals surface area contributed by atoms with Crippen molar-refractivity contribution < 1.29 is 23.9 Å². The van der Waals surface area contributed by atoms with Crippen molar-refractivity contribution in [3.05, 3.63) is 59.9 Å². The zero-order chi connectivity index (χ0) is 20.3. The summed E-state index contributed by atoms with van der Waals surface area (Å²) in [6.07, 6.45) is -0.0115. The van der Waals surface area contributed by atoms with Crippen LogP contribution in [0.25, 0.3) is 0 Å². The molecule has 2 N–H and O–H groups in total. The summed E-state index contributed by atoms with van der Waals surface area (Å²) in [6, 6.07) is 11.3. The molecule has 0 aromatic heterocycles. The molecule has 1 saturated heterocycles. The predicted octanol–water partition coefficient (Wildman–Crippen LogP) is 3.11. The van der Waals surface area contributed by atoms with Gasteiger partial charge in [0, 0.05) is 19.2 Å². The fraction of sp³-hybridized carbons (Fsp3) is 0.158. The van der Waals surface area contributed by atoms with Crippen LogP contribution < -0.4 is 5.32 Å². The lowest BCUT2D eigenvalue weighted by Crippen LogP contribution is -2.43. The first-order valence-corrected chi connectivity index (χ1v) is 9.13.